The number of rotatable bonds is 2. The van der Waals surface area contributed by atoms with Crippen LogP contribution in [0.25, 0.3) is 0 Å². The molecule has 80 valence electrons. The van der Waals surface area contributed by atoms with Crippen molar-refractivity contribution in [1.82, 2.24) is 9.97 Å². The second kappa shape index (κ2) is 3.82. The van der Waals surface area contributed by atoms with Crippen molar-refractivity contribution in [2.24, 2.45) is 0 Å². The molecule has 1 aliphatic heterocycles. The van der Waals surface area contributed by atoms with Gasteiger partial charge in [0.25, 0.3) is 0 Å². The van der Waals surface area contributed by atoms with Crippen LogP contribution in [-0.4, -0.2) is 44.8 Å². The molecule has 15 heavy (non-hydrogen) atoms. The Balaban J connectivity index is 2.24. The van der Waals surface area contributed by atoms with Crippen LogP contribution in [0.5, 0.6) is 0 Å². The second-order valence-electron chi connectivity index (χ2n) is 3.46. The van der Waals surface area contributed by atoms with Crippen LogP contribution in [-0.2, 0) is 4.79 Å². The maximum absolute atomic E-state index is 10.9. The van der Waals surface area contributed by atoms with Crippen molar-refractivity contribution in [3.05, 3.63) is 18.6 Å². The maximum atomic E-state index is 10.9. The minimum Gasteiger partial charge on any atom is -0.480 e. The average Bonchev–Trinajstić information content (AvgIpc) is 2.62. The molecule has 0 amide bonds. The molecule has 2 heterocycles. The third kappa shape index (κ3) is 1.89. The van der Waals surface area contributed by atoms with E-state index < -0.39 is 18.1 Å². The Labute approximate surface area is 86.2 Å². The van der Waals surface area contributed by atoms with Crippen molar-refractivity contribution in [1.29, 1.82) is 0 Å². The van der Waals surface area contributed by atoms with Gasteiger partial charge in [0.15, 0.2) is 0 Å². The molecular weight excluding hydrogens is 198 g/mol. The Kier molecular flexibility index (Phi) is 2.51. The van der Waals surface area contributed by atoms with Crippen LogP contribution in [0.1, 0.15) is 6.42 Å². The van der Waals surface area contributed by atoms with E-state index in [1.807, 2.05) is 0 Å². The second-order valence-corrected chi connectivity index (χ2v) is 3.46. The standard InChI is InChI=1S/C9H11N3O3/c13-6-3-7(9(14)15)12(5-6)8-4-10-1-2-11-8/h1-2,4,6-7,13H,3,5H2,(H,14,15). The van der Waals surface area contributed by atoms with Crippen molar-refractivity contribution in [3.63, 3.8) is 0 Å². The minimum absolute atomic E-state index is 0.228. The van der Waals surface area contributed by atoms with E-state index in [0.29, 0.717) is 5.82 Å². The summed E-state index contributed by atoms with van der Waals surface area (Å²) in [6.07, 6.45) is 4.12. The van der Waals surface area contributed by atoms with E-state index in [9.17, 15) is 9.90 Å². The molecule has 1 aromatic rings. The third-order valence-electron chi connectivity index (χ3n) is 2.41. The van der Waals surface area contributed by atoms with E-state index in [4.69, 9.17) is 5.11 Å². The van der Waals surface area contributed by atoms with E-state index in [1.165, 1.54) is 18.6 Å². The van der Waals surface area contributed by atoms with Crippen LogP contribution in [0.3, 0.4) is 0 Å². The number of β-amino-alcohol motifs (C(OH)–C–C–N with tert-alkyl or cyclic N) is 1. The zero-order valence-electron chi connectivity index (χ0n) is 7.95. The molecule has 6 nitrogen and oxygen atoms in total. The van der Waals surface area contributed by atoms with E-state index >= 15 is 0 Å². The molecule has 2 rings (SSSR count). The van der Waals surface area contributed by atoms with Crippen LogP contribution < -0.4 is 4.90 Å². The summed E-state index contributed by atoms with van der Waals surface area (Å²) < 4.78 is 0. The Morgan fingerprint density at radius 1 is 1.53 bits per heavy atom. The molecule has 0 spiro atoms. The van der Waals surface area contributed by atoms with Crippen molar-refractivity contribution >= 4 is 11.8 Å². The predicted octanol–water partition coefficient (Wildman–Crippen LogP) is -0.499. The largest absolute Gasteiger partial charge is 0.480 e. The highest BCUT2D eigenvalue weighted by Crippen LogP contribution is 2.23. The molecule has 0 saturated carbocycles. The topological polar surface area (TPSA) is 86.5 Å². The molecule has 1 fully saturated rings. The third-order valence-corrected chi connectivity index (χ3v) is 2.41. The summed E-state index contributed by atoms with van der Waals surface area (Å²) in [6.45, 7) is 0.287. The van der Waals surface area contributed by atoms with Crippen LogP contribution in [0.4, 0.5) is 5.82 Å². The van der Waals surface area contributed by atoms with Gasteiger partial charge in [-0.05, 0) is 0 Å². The van der Waals surface area contributed by atoms with Crippen LogP contribution >= 0.6 is 0 Å². The Morgan fingerprint density at radius 2 is 2.33 bits per heavy atom. The fraction of sp³-hybridized carbons (Fsp3) is 0.444. The fourth-order valence-corrected chi connectivity index (χ4v) is 1.74. The summed E-state index contributed by atoms with van der Waals surface area (Å²) in [6, 6.07) is -0.711. The van der Waals surface area contributed by atoms with E-state index in [2.05, 4.69) is 9.97 Å². The van der Waals surface area contributed by atoms with Gasteiger partial charge in [0.1, 0.15) is 11.9 Å². The van der Waals surface area contributed by atoms with Gasteiger partial charge >= 0.3 is 5.97 Å². The minimum atomic E-state index is -0.947. The quantitative estimate of drug-likeness (QED) is 0.683. The summed E-state index contributed by atoms with van der Waals surface area (Å²) in [7, 11) is 0. The van der Waals surface area contributed by atoms with Gasteiger partial charge in [-0.25, -0.2) is 9.78 Å². The van der Waals surface area contributed by atoms with E-state index in [1.54, 1.807) is 4.90 Å². The van der Waals surface area contributed by atoms with Gasteiger partial charge in [0.05, 0.1) is 12.3 Å². The van der Waals surface area contributed by atoms with E-state index in [-0.39, 0.29) is 13.0 Å². The molecule has 2 atom stereocenters. The summed E-state index contributed by atoms with van der Waals surface area (Å²) in [5, 5.41) is 18.4. The number of nitrogens with zero attached hydrogens (tertiary/aromatic N) is 3. The SMILES string of the molecule is O=C(O)C1CC(O)CN1c1cnccn1. The maximum Gasteiger partial charge on any atom is 0.326 e. The van der Waals surface area contributed by atoms with Crippen molar-refractivity contribution in [2.75, 3.05) is 11.4 Å². The Bertz CT molecular complexity index is 357. The molecule has 0 aromatic carbocycles. The number of carboxylic acids is 1. The summed E-state index contributed by atoms with van der Waals surface area (Å²) in [5.41, 5.74) is 0. The zero-order chi connectivity index (χ0) is 10.8. The number of aliphatic hydroxyl groups is 1. The van der Waals surface area contributed by atoms with Crippen LogP contribution in [0, 0.1) is 0 Å². The zero-order valence-corrected chi connectivity index (χ0v) is 7.95. The first-order chi connectivity index (χ1) is 7.18. The number of aliphatic hydroxyl groups excluding tert-OH is 1. The molecule has 6 heteroatoms. The lowest BCUT2D eigenvalue weighted by Crippen LogP contribution is -2.36. The van der Waals surface area contributed by atoms with Gasteiger partial charge in [0, 0.05) is 25.4 Å². The van der Waals surface area contributed by atoms with Gasteiger partial charge in [0.2, 0.25) is 0 Å². The number of carboxylic acid groups (broad SMARTS) is 1. The number of carbonyl (C=O) groups is 1. The first-order valence-electron chi connectivity index (χ1n) is 4.62. The smallest absolute Gasteiger partial charge is 0.326 e. The number of aromatic nitrogens is 2. The highest BCUT2D eigenvalue weighted by atomic mass is 16.4. The van der Waals surface area contributed by atoms with Gasteiger partial charge in [-0.3, -0.25) is 4.98 Å². The summed E-state index contributed by atoms with van der Waals surface area (Å²) in [5.74, 6) is -0.460. The number of aliphatic carboxylic acids is 1. The van der Waals surface area contributed by atoms with Gasteiger partial charge in [-0.2, -0.15) is 0 Å². The number of hydrogen-bond donors (Lipinski definition) is 2. The fourth-order valence-electron chi connectivity index (χ4n) is 1.74. The van der Waals surface area contributed by atoms with E-state index in [0.717, 1.165) is 0 Å². The normalized spacial score (nSPS) is 25.5. The molecule has 1 aromatic heterocycles. The molecule has 0 radical (unpaired) electrons. The van der Waals surface area contributed by atoms with Gasteiger partial charge < -0.3 is 15.1 Å². The molecule has 0 aliphatic carbocycles. The Hall–Kier alpha value is -1.69. The molecular formula is C9H11N3O3. The van der Waals surface area contributed by atoms with Crippen molar-refractivity contribution < 1.29 is 15.0 Å². The van der Waals surface area contributed by atoms with Crippen LogP contribution in [0.15, 0.2) is 18.6 Å². The summed E-state index contributed by atoms with van der Waals surface area (Å²) in [4.78, 5) is 20.4. The number of anilines is 1. The average molecular weight is 209 g/mol. The molecule has 2 unspecified atom stereocenters. The predicted molar refractivity (Wildman–Crippen MR) is 51.4 cm³/mol. The molecule has 1 aliphatic rings. The molecule has 0 bridgehead atoms. The lowest BCUT2D eigenvalue weighted by atomic mass is 10.2. The molecule has 2 N–H and O–H groups in total. The van der Waals surface area contributed by atoms with Crippen molar-refractivity contribution in [2.45, 2.75) is 18.6 Å². The van der Waals surface area contributed by atoms with Gasteiger partial charge in [-0.1, -0.05) is 0 Å². The Morgan fingerprint density at radius 3 is 2.93 bits per heavy atom. The number of hydrogen-bond acceptors (Lipinski definition) is 5. The molecule has 1 saturated heterocycles. The van der Waals surface area contributed by atoms with Crippen molar-refractivity contribution in [3.8, 4) is 0 Å². The highest BCUT2D eigenvalue weighted by Gasteiger charge is 2.36. The summed E-state index contributed by atoms with van der Waals surface area (Å²) >= 11 is 0. The van der Waals surface area contributed by atoms with Gasteiger partial charge in [-0.15, -0.1) is 0 Å². The lowest BCUT2D eigenvalue weighted by molar-refractivity contribution is -0.138. The first-order valence-corrected chi connectivity index (χ1v) is 4.62. The lowest BCUT2D eigenvalue weighted by Gasteiger charge is -2.21. The monoisotopic (exact) mass is 209 g/mol. The van der Waals surface area contributed by atoms with Crippen LogP contribution in [0.2, 0.25) is 0 Å². The highest BCUT2D eigenvalue weighted by molar-refractivity contribution is 5.78. The first kappa shape index (κ1) is 9.85.